The lowest BCUT2D eigenvalue weighted by molar-refractivity contribution is -0.127. The number of nitrogens with zero attached hydrogens (tertiary/aromatic N) is 3. The van der Waals surface area contributed by atoms with Gasteiger partial charge in [0.2, 0.25) is 5.28 Å². The Balaban J connectivity index is 1.76. The summed E-state index contributed by atoms with van der Waals surface area (Å²) < 4.78 is 5.84. The van der Waals surface area contributed by atoms with Crippen LogP contribution in [0.1, 0.15) is 38.5 Å². The predicted octanol–water partition coefficient (Wildman–Crippen LogP) is 2.58. The Morgan fingerprint density at radius 3 is 2.70 bits per heavy atom. The van der Waals surface area contributed by atoms with Gasteiger partial charge in [-0.25, -0.2) is 4.98 Å². The minimum atomic E-state index is -0.354. The van der Waals surface area contributed by atoms with Gasteiger partial charge in [0.05, 0.1) is 6.20 Å². The highest BCUT2D eigenvalue weighted by molar-refractivity contribution is 6.28. The topological polar surface area (TPSA) is 55.3 Å². The third-order valence-electron chi connectivity index (χ3n) is 4.41. The number of anilines is 1. The predicted molar refractivity (Wildman–Crippen MR) is 73.9 cm³/mol. The molecular weight excluding hydrogens is 278 g/mol. The number of ether oxygens (including phenoxy) is 1. The van der Waals surface area contributed by atoms with Crippen LogP contribution in [0.2, 0.25) is 5.28 Å². The molecule has 2 fully saturated rings. The van der Waals surface area contributed by atoms with Crippen molar-refractivity contribution in [3.63, 3.8) is 0 Å². The second-order valence-electron chi connectivity index (χ2n) is 5.85. The Hall–Kier alpha value is -1.36. The van der Waals surface area contributed by atoms with E-state index in [0.29, 0.717) is 17.5 Å². The zero-order chi connectivity index (χ0) is 13.7. The third kappa shape index (κ3) is 1.95. The van der Waals surface area contributed by atoms with Gasteiger partial charge >= 0.3 is 0 Å². The summed E-state index contributed by atoms with van der Waals surface area (Å²) in [4.78, 5) is 22.8. The Morgan fingerprint density at radius 2 is 2.00 bits per heavy atom. The molecule has 1 aromatic rings. The van der Waals surface area contributed by atoms with Crippen molar-refractivity contribution in [2.45, 2.75) is 50.7 Å². The number of carbonyl (C=O) groups excluding carboxylic acids is 1. The van der Waals surface area contributed by atoms with Crippen LogP contribution in [0.5, 0.6) is 5.75 Å². The number of carbonyl (C=O) groups is 1. The maximum atomic E-state index is 12.8. The molecule has 5 nitrogen and oxygen atoms in total. The zero-order valence-corrected chi connectivity index (χ0v) is 11.8. The highest BCUT2D eigenvalue weighted by Gasteiger charge is 2.47. The third-order valence-corrected chi connectivity index (χ3v) is 4.59. The molecule has 4 rings (SSSR count). The van der Waals surface area contributed by atoms with Crippen LogP contribution < -0.4 is 9.64 Å². The van der Waals surface area contributed by atoms with Crippen molar-refractivity contribution >= 4 is 23.3 Å². The first kappa shape index (κ1) is 12.4. The van der Waals surface area contributed by atoms with E-state index >= 15 is 0 Å². The van der Waals surface area contributed by atoms with Gasteiger partial charge in [0, 0.05) is 12.0 Å². The summed E-state index contributed by atoms with van der Waals surface area (Å²) in [5.74, 6) is 1.56. The van der Waals surface area contributed by atoms with Crippen LogP contribution in [-0.4, -0.2) is 28.0 Å². The summed E-state index contributed by atoms with van der Waals surface area (Å²) >= 11 is 5.89. The van der Waals surface area contributed by atoms with Gasteiger partial charge in [0.15, 0.2) is 17.7 Å². The minimum absolute atomic E-state index is 0.0571. The first-order chi connectivity index (χ1) is 9.74. The molecule has 0 bridgehead atoms. The molecule has 1 unspecified atom stereocenters. The van der Waals surface area contributed by atoms with Crippen molar-refractivity contribution in [1.29, 1.82) is 0 Å². The summed E-state index contributed by atoms with van der Waals surface area (Å²) in [6.45, 7) is 0. The zero-order valence-electron chi connectivity index (χ0n) is 11.1. The average molecular weight is 294 g/mol. The van der Waals surface area contributed by atoms with E-state index in [1.165, 1.54) is 0 Å². The first-order valence-electron chi connectivity index (χ1n) is 7.26. The van der Waals surface area contributed by atoms with Crippen molar-refractivity contribution in [2.24, 2.45) is 5.92 Å². The molecule has 1 atom stereocenters. The summed E-state index contributed by atoms with van der Waals surface area (Å²) in [6.07, 6.45) is 7.77. The molecule has 106 valence electrons. The quantitative estimate of drug-likeness (QED) is 0.787. The molecule has 3 aliphatic rings. The number of hydrogen-bond donors (Lipinski definition) is 0. The van der Waals surface area contributed by atoms with Crippen LogP contribution in [0.25, 0.3) is 0 Å². The number of halogens is 1. The average Bonchev–Trinajstić information content (AvgIpc) is 3.14. The van der Waals surface area contributed by atoms with Crippen LogP contribution in [0.4, 0.5) is 5.82 Å². The number of fused-ring (bicyclic) bond motifs is 1. The van der Waals surface area contributed by atoms with E-state index in [1.807, 2.05) is 4.90 Å². The molecule has 6 heteroatoms. The number of aromatic nitrogens is 2. The highest BCUT2D eigenvalue weighted by Crippen LogP contribution is 2.43. The van der Waals surface area contributed by atoms with E-state index in [0.717, 1.165) is 38.5 Å². The van der Waals surface area contributed by atoms with Crippen molar-refractivity contribution < 1.29 is 9.53 Å². The fraction of sp³-hybridized carbons (Fsp3) is 0.643. The fourth-order valence-electron chi connectivity index (χ4n) is 3.24. The second-order valence-corrected chi connectivity index (χ2v) is 6.19. The van der Waals surface area contributed by atoms with E-state index in [-0.39, 0.29) is 23.3 Å². The standard InChI is InChI=1S/C14H16ClN3O2/c15-14-16-7-10-12(17-14)18(9-3-1-2-4-9)13(19)11(20-10)8-5-6-8/h7-9,11H,1-6H2. The number of amides is 1. The second kappa shape index (κ2) is 4.58. The van der Waals surface area contributed by atoms with E-state index < -0.39 is 0 Å². The molecule has 1 aromatic heterocycles. The summed E-state index contributed by atoms with van der Waals surface area (Å²) in [5, 5.41) is 0.160. The van der Waals surface area contributed by atoms with E-state index in [9.17, 15) is 4.79 Å². The maximum absolute atomic E-state index is 12.8. The molecular formula is C14H16ClN3O2. The van der Waals surface area contributed by atoms with Crippen LogP contribution in [0, 0.1) is 5.92 Å². The van der Waals surface area contributed by atoms with Gasteiger partial charge in [-0.15, -0.1) is 0 Å². The van der Waals surface area contributed by atoms with Crippen LogP contribution in [0.15, 0.2) is 6.20 Å². The Kier molecular flexibility index (Phi) is 2.84. The van der Waals surface area contributed by atoms with Crippen LogP contribution in [-0.2, 0) is 4.79 Å². The molecule has 1 aliphatic heterocycles. The van der Waals surface area contributed by atoms with Gasteiger partial charge in [-0.05, 0) is 37.3 Å². The normalized spacial score (nSPS) is 26.6. The van der Waals surface area contributed by atoms with Gasteiger partial charge in [-0.2, -0.15) is 4.98 Å². The minimum Gasteiger partial charge on any atom is -0.475 e. The van der Waals surface area contributed by atoms with E-state index in [2.05, 4.69) is 9.97 Å². The Labute approximate surface area is 122 Å². The van der Waals surface area contributed by atoms with Crippen molar-refractivity contribution in [2.75, 3.05) is 4.90 Å². The Morgan fingerprint density at radius 1 is 1.25 bits per heavy atom. The van der Waals surface area contributed by atoms with Crippen LogP contribution >= 0.6 is 11.6 Å². The first-order valence-corrected chi connectivity index (χ1v) is 7.64. The summed E-state index contributed by atoms with van der Waals surface area (Å²) in [5.41, 5.74) is 0. The maximum Gasteiger partial charge on any atom is 0.269 e. The smallest absolute Gasteiger partial charge is 0.269 e. The molecule has 0 aromatic carbocycles. The van der Waals surface area contributed by atoms with Gasteiger partial charge in [0.1, 0.15) is 0 Å². The van der Waals surface area contributed by atoms with Gasteiger partial charge in [-0.3, -0.25) is 9.69 Å². The lowest BCUT2D eigenvalue weighted by atomic mass is 10.1. The number of hydrogen-bond acceptors (Lipinski definition) is 4. The molecule has 2 heterocycles. The molecule has 0 saturated heterocycles. The van der Waals surface area contributed by atoms with Crippen molar-refractivity contribution in [1.82, 2.24) is 9.97 Å². The largest absolute Gasteiger partial charge is 0.475 e. The molecule has 0 radical (unpaired) electrons. The molecule has 2 saturated carbocycles. The van der Waals surface area contributed by atoms with E-state index in [4.69, 9.17) is 16.3 Å². The molecule has 0 N–H and O–H groups in total. The van der Waals surface area contributed by atoms with Crippen molar-refractivity contribution in [3.05, 3.63) is 11.5 Å². The van der Waals surface area contributed by atoms with E-state index in [1.54, 1.807) is 6.20 Å². The van der Waals surface area contributed by atoms with Gasteiger partial charge in [-0.1, -0.05) is 12.8 Å². The lowest BCUT2D eigenvalue weighted by Crippen LogP contribution is -2.51. The monoisotopic (exact) mass is 293 g/mol. The fourth-order valence-corrected chi connectivity index (χ4v) is 3.37. The molecule has 2 aliphatic carbocycles. The van der Waals surface area contributed by atoms with Crippen LogP contribution in [0.3, 0.4) is 0 Å². The molecule has 0 spiro atoms. The summed E-state index contributed by atoms with van der Waals surface area (Å²) in [6, 6.07) is 0.234. The summed E-state index contributed by atoms with van der Waals surface area (Å²) in [7, 11) is 0. The number of rotatable bonds is 2. The van der Waals surface area contributed by atoms with Crippen molar-refractivity contribution in [3.8, 4) is 5.75 Å². The van der Waals surface area contributed by atoms with Gasteiger partial charge < -0.3 is 4.74 Å². The molecule has 20 heavy (non-hydrogen) atoms. The highest BCUT2D eigenvalue weighted by atomic mass is 35.5. The molecule has 1 amide bonds. The Bertz CT molecular complexity index is 555. The SMILES string of the molecule is O=C1C(C2CC2)Oc2cnc(Cl)nc2N1C1CCCC1. The van der Waals surface area contributed by atoms with Gasteiger partial charge in [0.25, 0.3) is 5.91 Å². The lowest BCUT2D eigenvalue weighted by Gasteiger charge is -2.36.